The number of amides is 2. The van der Waals surface area contributed by atoms with Crippen molar-refractivity contribution in [2.75, 3.05) is 16.4 Å². The summed E-state index contributed by atoms with van der Waals surface area (Å²) in [7, 11) is 0. The lowest BCUT2D eigenvalue weighted by Crippen LogP contribution is -2.15. The zero-order valence-corrected chi connectivity index (χ0v) is 15.5. The summed E-state index contributed by atoms with van der Waals surface area (Å²) in [5.41, 5.74) is -1.94. The predicted molar refractivity (Wildman–Crippen MR) is 98.2 cm³/mol. The second-order valence-electron chi connectivity index (χ2n) is 5.65. The fraction of sp³-hybridized carbons (Fsp3) is 0.176. The highest BCUT2D eigenvalue weighted by Crippen LogP contribution is 2.36. The molecule has 0 aliphatic heterocycles. The molecule has 0 spiro atoms. The molecule has 0 aliphatic carbocycles. The molecule has 7 nitrogen and oxygen atoms in total. The topological polar surface area (TPSA) is 101 Å². The van der Waals surface area contributed by atoms with Gasteiger partial charge in [0.05, 0.1) is 26.8 Å². The third-order valence-electron chi connectivity index (χ3n) is 3.40. The van der Waals surface area contributed by atoms with Crippen LogP contribution in [0.4, 0.5) is 34.6 Å². The first-order valence-corrected chi connectivity index (χ1v) is 8.81. The Morgan fingerprint density at radius 1 is 1.14 bits per heavy atom. The highest BCUT2D eigenvalue weighted by Gasteiger charge is 2.33. The summed E-state index contributed by atoms with van der Waals surface area (Å²) in [6.07, 6.45) is -4.74. The van der Waals surface area contributed by atoms with Crippen LogP contribution < -0.4 is 10.6 Å². The van der Waals surface area contributed by atoms with Gasteiger partial charge in [-0.1, -0.05) is 0 Å². The van der Waals surface area contributed by atoms with Gasteiger partial charge in [0.15, 0.2) is 0 Å². The molecule has 2 aromatic rings. The maximum atomic E-state index is 13.6. The Morgan fingerprint density at radius 3 is 2.41 bits per heavy atom. The monoisotopic (exact) mass is 431 g/mol. The van der Waals surface area contributed by atoms with E-state index in [4.69, 9.17) is 0 Å². The molecule has 0 fully saturated rings. The van der Waals surface area contributed by atoms with E-state index in [-0.39, 0.29) is 22.0 Å². The van der Waals surface area contributed by atoms with Crippen LogP contribution in [0.3, 0.4) is 0 Å². The summed E-state index contributed by atoms with van der Waals surface area (Å²) in [4.78, 5) is 33.1. The molecule has 0 radical (unpaired) electrons. The molecule has 2 N–H and O–H groups in total. The van der Waals surface area contributed by atoms with Crippen molar-refractivity contribution in [1.82, 2.24) is 0 Å². The molecule has 0 aliphatic rings. The molecule has 154 valence electrons. The van der Waals surface area contributed by atoms with E-state index >= 15 is 0 Å². The van der Waals surface area contributed by atoms with E-state index in [2.05, 4.69) is 10.6 Å². The van der Waals surface area contributed by atoms with E-state index in [9.17, 15) is 37.3 Å². The summed E-state index contributed by atoms with van der Waals surface area (Å²) in [5, 5.41) is 15.7. The Kier molecular flexibility index (Phi) is 6.80. The van der Waals surface area contributed by atoms with Crippen LogP contribution in [0.1, 0.15) is 12.5 Å². The van der Waals surface area contributed by atoms with E-state index < -0.39 is 40.0 Å². The highest BCUT2D eigenvalue weighted by molar-refractivity contribution is 8.00. The highest BCUT2D eigenvalue weighted by atomic mass is 32.2. The van der Waals surface area contributed by atoms with E-state index in [1.807, 2.05) is 0 Å². The standard InChI is InChI=1S/C17H13F4N3O4S/c1-9(25)22-13-7-11(3-4-12(13)18)23-16(26)8-29-15-5-2-10(17(19,20)21)6-14(15)24(27)28/h2-7H,8H2,1H3,(H,22,25)(H,23,26). The minimum Gasteiger partial charge on any atom is -0.325 e. The molecular weight excluding hydrogens is 418 g/mol. The Balaban J connectivity index is 2.09. The zero-order valence-electron chi connectivity index (χ0n) is 14.7. The van der Waals surface area contributed by atoms with Crippen LogP contribution in [-0.2, 0) is 15.8 Å². The maximum absolute atomic E-state index is 13.6. The predicted octanol–water partition coefficient (Wildman–Crippen LogP) is 4.44. The van der Waals surface area contributed by atoms with E-state index in [0.29, 0.717) is 23.9 Å². The second kappa shape index (κ2) is 8.90. The number of nitro benzene ring substituents is 1. The average molecular weight is 431 g/mol. The Bertz CT molecular complexity index is 966. The average Bonchev–Trinajstić information content (AvgIpc) is 2.61. The first kappa shape index (κ1) is 22.1. The van der Waals surface area contributed by atoms with Crippen molar-refractivity contribution >= 4 is 40.6 Å². The van der Waals surface area contributed by atoms with Crippen molar-refractivity contribution in [2.45, 2.75) is 18.0 Å². The number of rotatable bonds is 6. The zero-order chi connectivity index (χ0) is 21.8. The lowest BCUT2D eigenvalue weighted by atomic mass is 10.2. The number of nitrogens with one attached hydrogen (secondary N) is 2. The first-order chi connectivity index (χ1) is 13.5. The van der Waals surface area contributed by atoms with Gasteiger partial charge in [0, 0.05) is 18.7 Å². The molecule has 0 saturated heterocycles. The molecule has 0 bridgehead atoms. The van der Waals surface area contributed by atoms with E-state index in [1.54, 1.807) is 0 Å². The number of halogens is 4. The number of nitrogens with zero attached hydrogens (tertiary/aromatic N) is 1. The van der Waals surface area contributed by atoms with Crippen LogP contribution in [0, 0.1) is 15.9 Å². The Morgan fingerprint density at radius 2 is 1.83 bits per heavy atom. The third-order valence-corrected chi connectivity index (χ3v) is 4.47. The molecule has 2 rings (SSSR count). The van der Waals surface area contributed by atoms with Crippen molar-refractivity contribution in [3.8, 4) is 0 Å². The van der Waals surface area contributed by atoms with Crippen LogP contribution in [0.25, 0.3) is 0 Å². The van der Waals surface area contributed by atoms with Crippen LogP contribution in [0.5, 0.6) is 0 Å². The summed E-state index contributed by atoms with van der Waals surface area (Å²) in [6.45, 7) is 1.18. The lowest BCUT2D eigenvalue weighted by Gasteiger charge is -2.10. The largest absolute Gasteiger partial charge is 0.416 e. The van der Waals surface area contributed by atoms with Gasteiger partial charge in [-0.25, -0.2) is 4.39 Å². The van der Waals surface area contributed by atoms with Gasteiger partial charge >= 0.3 is 6.18 Å². The molecular formula is C17H13F4N3O4S. The van der Waals surface area contributed by atoms with Gasteiger partial charge in [0.25, 0.3) is 5.69 Å². The molecule has 2 aromatic carbocycles. The van der Waals surface area contributed by atoms with Crippen molar-refractivity contribution in [2.24, 2.45) is 0 Å². The number of benzene rings is 2. The van der Waals surface area contributed by atoms with Gasteiger partial charge in [-0.2, -0.15) is 13.2 Å². The van der Waals surface area contributed by atoms with E-state index in [0.717, 1.165) is 12.1 Å². The normalized spacial score (nSPS) is 11.1. The second-order valence-corrected chi connectivity index (χ2v) is 6.67. The van der Waals surface area contributed by atoms with Gasteiger partial charge in [-0.05, 0) is 30.3 Å². The number of anilines is 2. The SMILES string of the molecule is CC(=O)Nc1cc(NC(=O)CSc2ccc(C(F)(F)F)cc2[N+](=O)[O-])ccc1F. The minimum absolute atomic E-state index is 0.115. The summed E-state index contributed by atoms with van der Waals surface area (Å²) in [6, 6.07) is 5.46. The van der Waals surface area contributed by atoms with Crippen LogP contribution in [-0.4, -0.2) is 22.5 Å². The molecule has 0 saturated carbocycles. The van der Waals surface area contributed by atoms with Crippen molar-refractivity contribution in [1.29, 1.82) is 0 Å². The lowest BCUT2D eigenvalue weighted by molar-refractivity contribution is -0.388. The van der Waals surface area contributed by atoms with Crippen LogP contribution in [0.2, 0.25) is 0 Å². The van der Waals surface area contributed by atoms with Crippen molar-refractivity contribution in [3.05, 3.63) is 57.9 Å². The number of carbonyl (C=O) groups excluding carboxylic acids is 2. The smallest absolute Gasteiger partial charge is 0.325 e. The Hall–Kier alpha value is -3.15. The molecule has 12 heteroatoms. The van der Waals surface area contributed by atoms with Gasteiger partial charge in [0.2, 0.25) is 11.8 Å². The quantitative estimate of drug-likeness (QED) is 0.305. The fourth-order valence-corrected chi connectivity index (χ4v) is 2.99. The third kappa shape index (κ3) is 6.17. The number of carbonyl (C=O) groups is 2. The molecule has 0 atom stereocenters. The Labute approximate surface area is 165 Å². The number of nitro groups is 1. The van der Waals surface area contributed by atoms with Gasteiger partial charge in [-0.3, -0.25) is 19.7 Å². The number of hydrogen-bond acceptors (Lipinski definition) is 5. The minimum atomic E-state index is -4.74. The number of thioether (sulfide) groups is 1. The van der Waals surface area contributed by atoms with E-state index in [1.165, 1.54) is 19.1 Å². The molecule has 29 heavy (non-hydrogen) atoms. The number of hydrogen-bond donors (Lipinski definition) is 2. The van der Waals surface area contributed by atoms with Gasteiger partial charge < -0.3 is 10.6 Å². The fourth-order valence-electron chi connectivity index (χ4n) is 2.19. The van der Waals surface area contributed by atoms with Crippen LogP contribution >= 0.6 is 11.8 Å². The summed E-state index contributed by atoms with van der Waals surface area (Å²) < 4.78 is 51.7. The van der Waals surface area contributed by atoms with Gasteiger partial charge in [-0.15, -0.1) is 11.8 Å². The summed E-state index contributed by atoms with van der Waals surface area (Å²) in [5.74, 6) is -2.21. The summed E-state index contributed by atoms with van der Waals surface area (Å²) >= 11 is 0.675. The van der Waals surface area contributed by atoms with Gasteiger partial charge in [0.1, 0.15) is 5.82 Å². The molecule has 0 heterocycles. The molecule has 0 aromatic heterocycles. The molecule has 2 amide bonds. The first-order valence-electron chi connectivity index (χ1n) is 7.83. The molecule has 0 unspecified atom stereocenters. The maximum Gasteiger partial charge on any atom is 0.416 e. The number of alkyl halides is 3. The van der Waals surface area contributed by atoms with Crippen molar-refractivity contribution in [3.63, 3.8) is 0 Å². The van der Waals surface area contributed by atoms with Crippen LogP contribution in [0.15, 0.2) is 41.3 Å². The van der Waals surface area contributed by atoms with Crippen molar-refractivity contribution < 1.29 is 32.1 Å².